The van der Waals surface area contributed by atoms with Crippen LogP contribution in [-0.4, -0.2) is 43.0 Å². The number of amides is 2. The summed E-state index contributed by atoms with van der Waals surface area (Å²) in [4.78, 5) is 36.1. The number of ether oxygens (including phenoxy) is 2. The summed E-state index contributed by atoms with van der Waals surface area (Å²) >= 11 is 0. The Morgan fingerprint density at radius 1 is 1.35 bits per heavy atom. The molecule has 1 aromatic rings. The number of imide groups is 1. The van der Waals surface area contributed by atoms with E-state index in [1.165, 1.54) is 7.11 Å². The van der Waals surface area contributed by atoms with Gasteiger partial charge in [-0.3, -0.25) is 14.5 Å². The molecular formula is C13H14N2O5. The van der Waals surface area contributed by atoms with Crippen molar-refractivity contribution in [1.82, 2.24) is 4.90 Å². The van der Waals surface area contributed by atoms with Crippen molar-refractivity contribution in [2.45, 2.75) is 6.54 Å². The summed E-state index contributed by atoms with van der Waals surface area (Å²) < 4.78 is 9.50. The van der Waals surface area contributed by atoms with Gasteiger partial charge in [0.05, 0.1) is 19.2 Å². The second-order valence-corrected chi connectivity index (χ2v) is 4.24. The van der Waals surface area contributed by atoms with E-state index in [1.54, 1.807) is 18.2 Å². The third-order valence-electron chi connectivity index (χ3n) is 2.95. The lowest BCUT2D eigenvalue weighted by atomic mass is 10.0. The lowest BCUT2D eigenvalue weighted by molar-refractivity contribution is -0.159. The summed E-state index contributed by atoms with van der Waals surface area (Å²) in [5.74, 6) is -1.50. The molecule has 2 amide bonds. The molecule has 1 heterocycles. The van der Waals surface area contributed by atoms with E-state index in [4.69, 9.17) is 10.5 Å². The van der Waals surface area contributed by atoms with Crippen molar-refractivity contribution in [2.75, 3.05) is 26.1 Å². The van der Waals surface area contributed by atoms with E-state index in [2.05, 4.69) is 4.74 Å². The summed E-state index contributed by atoms with van der Waals surface area (Å²) in [5.41, 5.74) is 6.62. The zero-order valence-corrected chi connectivity index (χ0v) is 10.9. The number of esters is 1. The van der Waals surface area contributed by atoms with Gasteiger partial charge in [0.1, 0.15) is 13.2 Å². The van der Waals surface area contributed by atoms with Gasteiger partial charge in [0.25, 0.3) is 11.8 Å². The van der Waals surface area contributed by atoms with Crippen molar-refractivity contribution in [1.29, 1.82) is 0 Å². The molecule has 2 N–H and O–H groups in total. The van der Waals surface area contributed by atoms with Crippen LogP contribution < -0.4 is 5.73 Å². The van der Waals surface area contributed by atoms with E-state index in [-0.39, 0.29) is 31.0 Å². The van der Waals surface area contributed by atoms with Crippen LogP contribution in [0.3, 0.4) is 0 Å². The van der Waals surface area contributed by atoms with Crippen LogP contribution in [0.1, 0.15) is 15.9 Å². The highest BCUT2D eigenvalue weighted by Gasteiger charge is 2.28. The van der Waals surface area contributed by atoms with Crippen molar-refractivity contribution in [3.63, 3.8) is 0 Å². The number of hydrogen-bond acceptors (Lipinski definition) is 6. The number of carbonyl (C=O) groups is 3. The Bertz CT molecular complexity index is 554. The lowest BCUT2D eigenvalue weighted by Crippen LogP contribution is -2.45. The maximum atomic E-state index is 11.7. The normalized spacial score (nSPS) is 15.3. The summed E-state index contributed by atoms with van der Waals surface area (Å²) in [5, 5.41) is 0. The standard InChI is InChI=1S/C13H14N2O5/c1-19-13(18)12-8(3-2-4-9(12)14)5-15-10(16)6-20-7-11(15)17/h2-4H,5-7,14H2,1H3. The first-order chi connectivity index (χ1) is 9.54. The van der Waals surface area contributed by atoms with Gasteiger partial charge in [-0.15, -0.1) is 0 Å². The van der Waals surface area contributed by atoms with Gasteiger partial charge in [-0.05, 0) is 11.6 Å². The monoisotopic (exact) mass is 278 g/mol. The van der Waals surface area contributed by atoms with Gasteiger partial charge >= 0.3 is 5.97 Å². The molecule has 1 aliphatic rings. The zero-order valence-electron chi connectivity index (χ0n) is 10.9. The maximum Gasteiger partial charge on any atom is 0.340 e. The molecule has 7 heteroatoms. The number of nitrogens with two attached hydrogens (primary N) is 1. The molecule has 20 heavy (non-hydrogen) atoms. The smallest absolute Gasteiger partial charge is 0.340 e. The molecule has 1 aliphatic heterocycles. The van der Waals surface area contributed by atoms with Gasteiger partial charge in [-0.2, -0.15) is 0 Å². The van der Waals surface area contributed by atoms with Crippen LogP contribution in [0.25, 0.3) is 0 Å². The highest BCUT2D eigenvalue weighted by atomic mass is 16.5. The minimum atomic E-state index is -0.605. The molecule has 0 bridgehead atoms. The molecule has 0 atom stereocenters. The number of benzene rings is 1. The number of carbonyl (C=O) groups excluding carboxylic acids is 3. The van der Waals surface area contributed by atoms with E-state index in [1.807, 2.05) is 0 Å². The summed E-state index contributed by atoms with van der Waals surface area (Å²) in [7, 11) is 1.24. The first-order valence-corrected chi connectivity index (χ1v) is 5.91. The SMILES string of the molecule is COC(=O)c1c(N)cccc1CN1C(=O)COCC1=O. The van der Waals surface area contributed by atoms with Crippen molar-refractivity contribution in [2.24, 2.45) is 0 Å². The van der Waals surface area contributed by atoms with Crippen molar-refractivity contribution >= 4 is 23.5 Å². The van der Waals surface area contributed by atoms with Crippen LogP contribution in [0, 0.1) is 0 Å². The van der Waals surface area contributed by atoms with Gasteiger partial charge in [0.15, 0.2) is 0 Å². The second kappa shape index (κ2) is 5.70. The van der Waals surface area contributed by atoms with E-state index < -0.39 is 17.8 Å². The zero-order chi connectivity index (χ0) is 14.7. The second-order valence-electron chi connectivity index (χ2n) is 4.24. The fraction of sp³-hybridized carbons (Fsp3) is 0.308. The predicted molar refractivity (Wildman–Crippen MR) is 68.6 cm³/mol. The Labute approximate surface area is 115 Å². The molecule has 1 saturated heterocycles. The Balaban J connectivity index is 2.33. The van der Waals surface area contributed by atoms with Gasteiger partial charge in [0, 0.05) is 5.69 Å². The number of hydrogen-bond donors (Lipinski definition) is 1. The highest BCUT2D eigenvalue weighted by molar-refractivity contribution is 5.99. The molecule has 0 aromatic heterocycles. The number of rotatable bonds is 3. The lowest BCUT2D eigenvalue weighted by Gasteiger charge is -2.25. The first-order valence-electron chi connectivity index (χ1n) is 5.91. The van der Waals surface area contributed by atoms with Crippen LogP contribution in [0.5, 0.6) is 0 Å². The average molecular weight is 278 g/mol. The fourth-order valence-corrected chi connectivity index (χ4v) is 1.97. The number of anilines is 1. The summed E-state index contributed by atoms with van der Waals surface area (Å²) in [6.07, 6.45) is 0. The van der Waals surface area contributed by atoms with Crippen molar-refractivity contribution in [3.8, 4) is 0 Å². The molecule has 106 valence electrons. The first kappa shape index (κ1) is 14.0. The largest absolute Gasteiger partial charge is 0.465 e. The Hall–Kier alpha value is -2.41. The molecule has 0 aliphatic carbocycles. The van der Waals surface area contributed by atoms with Crippen molar-refractivity contribution < 1.29 is 23.9 Å². The van der Waals surface area contributed by atoms with Crippen LogP contribution in [0.2, 0.25) is 0 Å². The Morgan fingerprint density at radius 2 is 2.00 bits per heavy atom. The van der Waals surface area contributed by atoms with Gasteiger partial charge in [-0.25, -0.2) is 4.79 Å². The molecule has 0 radical (unpaired) electrons. The number of nitrogen functional groups attached to an aromatic ring is 1. The minimum absolute atomic E-state index is 0.0313. The Morgan fingerprint density at radius 3 is 2.60 bits per heavy atom. The topological polar surface area (TPSA) is 98.9 Å². The van der Waals surface area contributed by atoms with E-state index in [0.717, 1.165) is 4.90 Å². The molecule has 7 nitrogen and oxygen atoms in total. The molecule has 2 rings (SSSR count). The fourth-order valence-electron chi connectivity index (χ4n) is 1.97. The third kappa shape index (κ3) is 2.62. The van der Waals surface area contributed by atoms with Crippen molar-refractivity contribution in [3.05, 3.63) is 29.3 Å². The van der Waals surface area contributed by atoms with E-state index in [0.29, 0.717) is 5.56 Å². The molecule has 0 unspecified atom stereocenters. The molecule has 1 fully saturated rings. The average Bonchev–Trinajstić information content (AvgIpc) is 2.42. The summed E-state index contributed by atoms with van der Waals surface area (Å²) in [6, 6.07) is 4.82. The van der Waals surface area contributed by atoms with Crippen LogP contribution in [0.15, 0.2) is 18.2 Å². The van der Waals surface area contributed by atoms with Gasteiger partial charge in [0.2, 0.25) is 0 Å². The maximum absolute atomic E-state index is 11.7. The molecular weight excluding hydrogens is 264 g/mol. The quantitative estimate of drug-likeness (QED) is 0.472. The molecule has 0 saturated carbocycles. The molecule has 1 aromatic carbocycles. The minimum Gasteiger partial charge on any atom is -0.465 e. The van der Waals surface area contributed by atoms with Crippen LogP contribution in [0.4, 0.5) is 5.69 Å². The number of nitrogens with zero attached hydrogens (tertiary/aromatic N) is 1. The Kier molecular flexibility index (Phi) is 3.99. The third-order valence-corrected chi connectivity index (χ3v) is 2.95. The highest BCUT2D eigenvalue weighted by Crippen LogP contribution is 2.20. The van der Waals surface area contributed by atoms with E-state index >= 15 is 0 Å². The van der Waals surface area contributed by atoms with Crippen LogP contribution >= 0.6 is 0 Å². The number of methoxy groups -OCH3 is 1. The number of morpholine rings is 1. The molecule has 0 spiro atoms. The van der Waals surface area contributed by atoms with E-state index in [9.17, 15) is 14.4 Å². The summed E-state index contributed by atoms with van der Waals surface area (Å²) in [6.45, 7) is -0.334. The van der Waals surface area contributed by atoms with Gasteiger partial charge in [-0.1, -0.05) is 12.1 Å². The predicted octanol–water partition coefficient (Wildman–Crippen LogP) is -0.0592. The van der Waals surface area contributed by atoms with Crippen LogP contribution in [-0.2, 0) is 25.6 Å². The van der Waals surface area contributed by atoms with Gasteiger partial charge < -0.3 is 15.2 Å².